The normalized spacial score (nSPS) is 28.4. The first kappa shape index (κ1) is 5.35. The molecular formula is C6H9NO. The van der Waals surface area contributed by atoms with Gasteiger partial charge in [0.25, 0.3) is 0 Å². The summed E-state index contributed by atoms with van der Waals surface area (Å²) in [6, 6.07) is 0. The van der Waals surface area contributed by atoms with Gasteiger partial charge >= 0.3 is 0 Å². The fourth-order valence-electron chi connectivity index (χ4n) is 0.716. The molecule has 0 spiro atoms. The van der Waals surface area contributed by atoms with Gasteiger partial charge in [0.15, 0.2) is 0 Å². The fraction of sp³-hybridized carbons (Fsp3) is 0.500. The Kier molecular flexibility index (Phi) is 1.08. The molecule has 0 aromatic rings. The standard InChI is InChI=1S/C6H9NO/c1-4-3-6(4)5(2)7-8/h6,8H,1,3H2,2H3/b7-5+. The zero-order chi connectivity index (χ0) is 6.15. The van der Waals surface area contributed by atoms with Crippen LogP contribution >= 0.6 is 0 Å². The van der Waals surface area contributed by atoms with Gasteiger partial charge in [0, 0.05) is 5.92 Å². The van der Waals surface area contributed by atoms with E-state index in [-0.39, 0.29) is 0 Å². The van der Waals surface area contributed by atoms with Crippen molar-refractivity contribution in [2.45, 2.75) is 13.3 Å². The van der Waals surface area contributed by atoms with Gasteiger partial charge in [-0.3, -0.25) is 0 Å². The number of oxime groups is 1. The maximum atomic E-state index is 8.21. The summed E-state index contributed by atoms with van der Waals surface area (Å²) >= 11 is 0. The summed E-state index contributed by atoms with van der Waals surface area (Å²) in [5, 5.41) is 11.3. The number of allylic oxidation sites excluding steroid dienone is 1. The molecule has 0 aromatic heterocycles. The molecule has 1 saturated carbocycles. The van der Waals surface area contributed by atoms with Crippen molar-refractivity contribution in [1.82, 2.24) is 0 Å². The van der Waals surface area contributed by atoms with Crippen LogP contribution in [-0.2, 0) is 0 Å². The zero-order valence-corrected chi connectivity index (χ0v) is 4.89. The number of hydrogen-bond donors (Lipinski definition) is 1. The summed E-state index contributed by atoms with van der Waals surface area (Å²) in [5.74, 6) is 0.389. The van der Waals surface area contributed by atoms with E-state index < -0.39 is 0 Å². The van der Waals surface area contributed by atoms with Crippen molar-refractivity contribution in [1.29, 1.82) is 0 Å². The summed E-state index contributed by atoms with van der Waals surface area (Å²) in [7, 11) is 0. The Morgan fingerprint density at radius 1 is 2.00 bits per heavy atom. The van der Waals surface area contributed by atoms with Crippen LogP contribution in [0.1, 0.15) is 13.3 Å². The van der Waals surface area contributed by atoms with Crippen LogP contribution < -0.4 is 0 Å². The van der Waals surface area contributed by atoms with E-state index in [0.29, 0.717) is 5.92 Å². The molecule has 1 aliphatic rings. The predicted octanol–water partition coefficient (Wildman–Crippen LogP) is 1.41. The quantitative estimate of drug-likeness (QED) is 0.236. The number of nitrogens with zero attached hydrogens (tertiary/aromatic N) is 1. The van der Waals surface area contributed by atoms with Crippen LogP contribution in [0.4, 0.5) is 0 Å². The monoisotopic (exact) mass is 111 g/mol. The van der Waals surface area contributed by atoms with Crippen molar-refractivity contribution in [3.8, 4) is 0 Å². The van der Waals surface area contributed by atoms with Gasteiger partial charge in [-0.2, -0.15) is 0 Å². The lowest BCUT2D eigenvalue weighted by Gasteiger charge is -1.85. The van der Waals surface area contributed by atoms with Crippen molar-refractivity contribution in [3.05, 3.63) is 12.2 Å². The van der Waals surface area contributed by atoms with E-state index in [2.05, 4.69) is 11.7 Å². The van der Waals surface area contributed by atoms with E-state index >= 15 is 0 Å². The van der Waals surface area contributed by atoms with Gasteiger partial charge in [-0.15, -0.1) is 0 Å². The predicted molar refractivity (Wildman–Crippen MR) is 32.1 cm³/mol. The van der Waals surface area contributed by atoms with Crippen LogP contribution in [0.2, 0.25) is 0 Å². The van der Waals surface area contributed by atoms with E-state index in [4.69, 9.17) is 5.21 Å². The van der Waals surface area contributed by atoms with Gasteiger partial charge < -0.3 is 5.21 Å². The topological polar surface area (TPSA) is 32.6 Å². The first-order chi connectivity index (χ1) is 3.75. The first-order valence-electron chi connectivity index (χ1n) is 2.62. The molecule has 1 rings (SSSR count). The van der Waals surface area contributed by atoms with Crippen molar-refractivity contribution >= 4 is 5.71 Å². The number of hydrogen-bond acceptors (Lipinski definition) is 2. The highest BCUT2D eigenvalue weighted by atomic mass is 16.4. The van der Waals surface area contributed by atoms with Gasteiger partial charge in [0.1, 0.15) is 0 Å². The second-order valence-corrected chi connectivity index (χ2v) is 2.16. The Bertz CT molecular complexity index is 149. The van der Waals surface area contributed by atoms with Crippen LogP contribution in [0.25, 0.3) is 0 Å². The van der Waals surface area contributed by atoms with Gasteiger partial charge in [0.05, 0.1) is 5.71 Å². The summed E-state index contributed by atoms with van der Waals surface area (Å²) in [5.41, 5.74) is 1.97. The molecule has 2 heteroatoms. The molecule has 1 atom stereocenters. The third-order valence-corrected chi connectivity index (χ3v) is 1.46. The highest BCUT2D eigenvalue weighted by Crippen LogP contribution is 2.36. The van der Waals surface area contributed by atoms with E-state index in [1.807, 2.05) is 6.92 Å². The largest absolute Gasteiger partial charge is 0.411 e. The summed E-state index contributed by atoms with van der Waals surface area (Å²) in [6.45, 7) is 5.53. The molecular weight excluding hydrogens is 102 g/mol. The Hall–Kier alpha value is -0.790. The van der Waals surface area contributed by atoms with Crippen molar-refractivity contribution in [2.24, 2.45) is 11.1 Å². The lowest BCUT2D eigenvalue weighted by molar-refractivity contribution is 0.317. The minimum absolute atomic E-state index is 0.389. The summed E-state index contributed by atoms with van der Waals surface area (Å²) in [6.07, 6.45) is 1.01. The molecule has 44 valence electrons. The molecule has 2 nitrogen and oxygen atoms in total. The third-order valence-electron chi connectivity index (χ3n) is 1.46. The Labute approximate surface area is 48.5 Å². The summed E-state index contributed by atoms with van der Waals surface area (Å²) in [4.78, 5) is 0. The van der Waals surface area contributed by atoms with E-state index in [1.165, 1.54) is 5.57 Å². The molecule has 0 saturated heterocycles. The molecule has 0 heterocycles. The van der Waals surface area contributed by atoms with E-state index in [0.717, 1.165) is 12.1 Å². The second-order valence-electron chi connectivity index (χ2n) is 2.16. The van der Waals surface area contributed by atoms with Crippen molar-refractivity contribution in [2.75, 3.05) is 0 Å². The smallest absolute Gasteiger partial charge is 0.0614 e. The lowest BCUT2D eigenvalue weighted by atomic mass is 10.3. The van der Waals surface area contributed by atoms with E-state index in [9.17, 15) is 0 Å². The van der Waals surface area contributed by atoms with Crippen LogP contribution in [-0.4, -0.2) is 10.9 Å². The molecule has 1 N–H and O–H groups in total. The SMILES string of the molecule is C=C1CC1/C(C)=N/O. The second kappa shape index (κ2) is 1.62. The van der Waals surface area contributed by atoms with Crippen LogP contribution in [0.3, 0.4) is 0 Å². The molecule has 0 bridgehead atoms. The Morgan fingerprint density at radius 3 is 2.62 bits per heavy atom. The minimum Gasteiger partial charge on any atom is -0.411 e. The highest BCUT2D eigenvalue weighted by Gasteiger charge is 2.30. The molecule has 0 amide bonds. The molecule has 8 heavy (non-hydrogen) atoms. The summed E-state index contributed by atoms with van der Waals surface area (Å²) < 4.78 is 0. The molecule has 1 aliphatic carbocycles. The van der Waals surface area contributed by atoms with Crippen LogP contribution in [0.5, 0.6) is 0 Å². The minimum atomic E-state index is 0.389. The van der Waals surface area contributed by atoms with E-state index in [1.54, 1.807) is 0 Å². The van der Waals surface area contributed by atoms with Gasteiger partial charge in [-0.1, -0.05) is 17.3 Å². The molecule has 0 radical (unpaired) electrons. The maximum Gasteiger partial charge on any atom is 0.0614 e. The van der Waals surface area contributed by atoms with Crippen LogP contribution in [0.15, 0.2) is 17.3 Å². The van der Waals surface area contributed by atoms with Crippen LogP contribution in [0, 0.1) is 5.92 Å². The Morgan fingerprint density at radius 2 is 2.50 bits per heavy atom. The molecule has 0 aliphatic heterocycles. The van der Waals surface area contributed by atoms with Gasteiger partial charge in [-0.05, 0) is 13.3 Å². The average Bonchev–Trinajstić information content (AvgIpc) is 2.45. The highest BCUT2D eigenvalue weighted by molar-refractivity contribution is 5.90. The van der Waals surface area contributed by atoms with Crippen molar-refractivity contribution in [3.63, 3.8) is 0 Å². The lowest BCUT2D eigenvalue weighted by Crippen LogP contribution is -1.91. The Balaban J connectivity index is 2.51. The van der Waals surface area contributed by atoms with Gasteiger partial charge in [-0.25, -0.2) is 0 Å². The molecule has 1 unspecified atom stereocenters. The third kappa shape index (κ3) is 0.735. The first-order valence-corrected chi connectivity index (χ1v) is 2.62. The fourth-order valence-corrected chi connectivity index (χ4v) is 0.716. The molecule has 1 fully saturated rings. The maximum absolute atomic E-state index is 8.21. The molecule has 0 aromatic carbocycles. The zero-order valence-electron chi connectivity index (χ0n) is 4.89. The van der Waals surface area contributed by atoms with Crippen molar-refractivity contribution < 1.29 is 5.21 Å². The average molecular weight is 111 g/mol. The number of rotatable bonds is 1. The van der Waals surface area contributed by atoms with Gasteiger partial charge in [0.2, 0.25) is 0 Å².